The van der Waals surface area contributed by atoms with Crippen molar-refractivity contribution < 1.29 is 27.5 Å². The SMILES string of the molecule is COCCN(CC(=O)Nc1cc(C(C)(C)C)nn1-c1ccc(Cl)c(Cl)c1)C(=O)Nc1ccc(C(F)(F)F)cc1. The maximum Gasteiger partial charge on any atom is 0.416 e. The standard InChI is InChI=1S/C26H28Cl2F3N5O3/c1-25(2,3)21-14-22(36(34-21)18-9-10-19(27)20(28)13-18)33-23(37)15-35(11-12-39-4)24(38)32-17-7-5-16(6-8-17)26(29,30)31/h5-10,13-14H,11-12,15H2,1-4H3,(H,32,38)(H,33,37). The van der Waals surface area contributed by atoms with Crippen molar-refractivity contribution >= 4 is 46.6 Å². The van der Waals surface area contributed by atoms with Gasteiger partial charge in [0.2, 0.25) is 5.91 Å². The highest BCUT2D eigenvalue weighted by atomic mass is 35.5. The van der Waals surface area contributed by atoms with Gasteiger partial charge in [-0.25, -0.2) is 9.48 Å². The van der Waals surface area contributed by atoms with E-state index in [2.05, 4.69) is 15.7 Å². The van der Waals surface area contributed by atoms with Crippen molar-refractivity contribution in [1.29, 1.82) is 0 Å². The van der Waals surface area contributed by atoms with Gasteiger partial charge in [0.15, 0.2) is 0 Å². The van der Waals surface area contributed by atoms with Crippen molar-refractivity contribution in [3.8, 4) is 5.69 Å². The monoisotopic (exact) mass is 585 g/mol. The minimum absolute atomic E-state index is 0.0513. The highest BCUT2D eigenvalue weighted by molar-refractivity contribution is 6.42. The van der Waals surface area contributed by atoms with Crippen LogP contribution >= 0.6 is 23.2 Å². The second-order valence-electron chi connectivity index (χ2n) is 9.64. The predicted octanol–water partition coefficient (Wildman–Crippen LogP) is 6.61. The van der Waals surface area contributed by atoms with E-state index in [0.717, 1.165) is 24.3 Å². The minimum Gasteiger partial charge on any atom is -0.383 e. The zero-order valence-corrected chi connectivity index (χ0v) is 23.2. The molecule has 210 valence electrons. The Morgan fingerprint density at radius 1 is 1.00 bits per heavy atom. The number of rotatable bonds is 8. The van der Waals surface area contributed by atoms with Gasteiger partial charge in [0.25, 0.3) is 0 Å². The van der Waals surface area contributed by atoms with Gasteiger partial charge in [-0.1, -0.05) is 44.0 Å². The number of amides is 3. The Hall–Kier alpha value is -3.28. The quantitative estimate of drug-likeness (QED) is 0.311. The summed E-state index contributed by atoms with van der Waals surface area (Å²) in [5, 5.41) is 10.6. The van der Waals surface area contributed by atoms with Crippen LogP contribution in [0.2, 0.25) is 10.0 Å². The largest absolute Gasteiger partial charge is 0.416 e. The summed E-state index contributed by atoms with van der Waals surface area (Å²) >= 11 is 12.2. The van der Waals surface area contributed by atoms with Crippen molar-refractivity contribution in [2.45, 2.75) is 32.4 Å². The van der Waals surface area contributed by atoms with Crippen LogP contribution in [-0.4, -0.2) is 53.4 Å². The van der Waals surface area contributed by atoms with Crippen LogP contribution in [-0.2, 0) is 21.1 Å². The Kier molecular flexibility index (Phi) is 9.52. The molecule has 0 unspecified atom stereocenters. The van der Waals surface area contributed by atoms with E-state index >= 15 is 0 Å². The molecule has 0 radical (unpaired) electrons. The Bertz CT molecular complexity index is 1320. The van der Waals surface area contributed by atoms with Crippen molar-refractivity contribution in [2.75, 3.05) is 37.4 Å². The average molecular weight is 586 g/mol. The number of anilines is 2. The zero-order valence-electron chi connectivity index (χ0n) is 21.7. The summed E-state index contributed by atoms with van der Waals surface area (Å²) in [6, 6.07) is 9.96. The van der Waals surface area contributed by atoms with E-state index in [0.29, 0.717) is 27.2 Å². The number of halogens is 5. The van der Waals surface area contributed by atoms with Crippen LogP contribution in [0, 0.1) is 0 Å². The van der Waals surface area contributed by atoms with Gasteiger partial charge in [-0.2, -0.15) is 18.3 Å². The van der Waals surface area contributed by atoms with Gasteiger partial charge in [0.1, 0.15) is 12.4 Å². The van der Waals surface area contributed by atoms with E-state index in [4.69, 9.17) is 27.9 Å². The number of alkyl halides is 3. The van der Waals surface area contributed by atoms with E-state index in [1.165, 1.54) is 16.7 Å². The van der Waals surface area contributed by atoms with Crippen molar-refractivity contribution in [3.05, 3.63) is 69.8 Å². The first kappa shape index (κ1) is 30.3. The lowest BCUT2D eigenvalue weighted by atomic mass is 9.92. The maximum absolute atomic E-state index is 13.1. The first-order valence-electron chi connectivity index (χ1n) is 11.8. The summed E-state index contributed by atoms with van der Waals surface area (Å²) in [5.41, 5.74) is 0.215. The average Bonchev–Trinajstić information content (AvgIpc) is 3.27. The molecule has 0 bridgehead atoms. The summed E-state index contributed by atoms with van der Waals surface area (Å²) in [6.07, 6.45) is -4.50. The second-order valence-corrected chi connectivity index (χ2v) is 10.5. The fraction of sp³-hybridized carbons (Fsp3) is 0.346. The number of benzene rings is 2. The summed E-state index contributed by atoms with van der Waals surface area (Å²) in [6.45, 7) is 5.72. The molecule has 0 aliphatic carbocycles. The molecule has 0 atom stereocenters. The summed E-state index contributed by atoms with van der Waals surface area (Å²) in [5.74, 6) is -0.187. The number of nitrogens with one attached hydrogen (secondary N) is 2. The second kappa shape index (κ2) is 12.3. The topological polar surface area (TPSA) is 88.5 Å². The Morgan fingerprint density at radius 3 is 2.23 bits per heavy atom. The highest BCUT2D eigenvalue weighted by Gasteiger charge is 2.30. The van der Waals surface area contributed by atoms with Crippen LogP contribution in [0.15, 0.2) is 48.5 Å². The molecule has 13 heteroatoms. The summed E-state index contributed by atoms with van der Waals surface area (Å²) in [7, 11) is 1.44. The number of ether oxygens (including phenoxy) is 1. The number of aromatic nitrogens is 2. The Balaban J connectivity index is 1.80. The fourth-order valence-corrected chi connectivity index (χ4v) is 3.70. The van der Waals surface area contributed by atoms with Crippen LogP contribution in [0.1, 0.15) is 32.0 Å². The molecular weight excluding hydrogens is 558 g/mol. The van der Waals surface area contributed by atoms with Crippen molar-refractivity contribution in [2.24, 2.45) is 0 Å². The van der Waals surface area contributed by atoms with Crippen LogP contribution < -0.4 is 10.6 Å². The highest BCUT2D eigenvalue weighted by Crippen LogP contribution is 2.31. The van der Waals surface area contributed by atoms with E-state index in [9.17, 15) is 22.8 Å². The van der Waals surface area contributed by atoms with Crippen LogP contribution in [0.4, 0.5) is 29.5 Å². The number of carbonyl (C=O) groups is 2. The number of hydrogen-bond acceptors (Lipinski definition) is 4. The third-order valence-electron chi connectivity index (χ3n) is 5.54. The number of nitrogens with zero attached hydrogens (tertiary/aromatic N) is 3. The van der Waals surface area contributed by atoms with Gasteiger partial charge < -0.3 is 20.3 Å². The molecule has 0 aliphatic rings. The molecule has 0 saturated heterocycles. The normalized spacial score (nSPS) is 11.8. The number of carbonyl (C=O) groups excluding carboxylic acids is 2. The lowest BCUT2D eigenvalue weighted by Gasteiger charge is -2.22. The molecule has 0 fully saturated rings. The molecule has 0 saturated carbocycles. The molecule has 3 amide bonds. The smallest absolute Gasteiger partial charge is 0.383 e. The van der Waals surface area contributed by atoms with Gasteiger partial charge in [-0.3, -0.25) is 4.79 Å². The van der Waals surface area contributed by atoms with E-state index in [1.807, 2.05) is 20.8 Å². The van der Waals surface area contributed by atoms with E-state index in [1.54, 1.807) is 24.3 Å². The molecule has 3 rings (SSSR count). The van der Waals surface area contributed by atoms with Gasteiger partial charge in [0.05, 0.1) is 33.6 Å². The molecule has 39 heavy (non-hydrogen) atoms. The molecular formula is C26H28Cl2F3N5O3. The van der Waals surface area contributed by atoms with Gasteiger partial charge in [-0.05, 0) is 42.5 Å². The van der Waals surface area contributed by atoms with Crippen LogP contribution in [0.25, 0.3) is 5.69 Å². The predicted molar refractivity (Wildman–Crippen MR) is 145 cm³/mol. The summed E-state index contributed by atoms with van der Waals surface area (Å²) in [4.78, 5) is 27.2. The van der Waals surface area contributed by atoms with Crippen molar-refractivity contribution in [3.63, 3.8) is 0 Å². The third-order valence-corrected chi connectivity index (χ3v) is 6.28. The van der Waals surface area contributed by atoms with Gasteiger partial charge in [0, 0.05) is 30.8 Å². The molecule has 3 aromatic rings. The first-order chi connectivity index (χ1) is 18.2. The number of hydrogen-bond donors (Lipinski definition) is 2. The Morgan fingerprint density at radius 2 is 1.67 bits per heavy atom. The van der Waals surface area contributed by atoms with Crippen LogP contribution in [0.5, 0.6) is 0 Å². The third kappa shape index (κ3) is 8.11. The first-order valence-corrected chi connectivity index (χ1v) is 12.5. The molecule has 0 aliphatic heterocycles. The molecule has 8 nitrogen and oxygen atoms in total. The molecule has 1 heterocycles. The molecule has 0 spiro atoms. The van der Waals surface area contributed by atoms with Gasteiger partial charge >= 0.3 is 12.2 Å². The molecule has 2 N–H and O–H groups in total. The van der Waals surface area contributed by atoms with Crippen LogP contribution in [0.3, 0.4) is 0 Å². The minimum atomic E-state index is -4.50. The zero-order chi connectivity index (χ0) is 29.0. The van der Waals surface area contributed by atoms with E-state index in [-0.39, 0.29) is 30.8 Å². The van der Waals surface area contributed by atoms with Gasteiger partial charge in [-0.15, -0.1) is 0 Å². The molecule has 1 aromatic heterocycles. The number of urea groups is 1. The lowest BCUT2D eigenvalue weighted by Crippen LogP contribution is -2.42. The maximum atomic E-state index is 13.1. The summed E-state index contributed by atoms with van der Waals surface area (Å²) < 4.78 is 45.1. The van der Waals surface area contributed by atoms with E-state index < -0.39 is 23.7 Å². The number of methoxy groups -OCH3 is 1. The van der Waals surface area contributed by atoms with Crippen molar-refractivity contribution in [1.82, 2.24) is 14.7 Å². The Labute approximate surface area is 234 Å². The lowest BCUT2D eigenvalue weighted by molar-refractivity contribution is -0.137. The fourth-order valence-electron chi connectivity index (χ4n) is 3.40. The molecule has 2 aromatic carbocycles.